The van der Waals surface area contributed by atoms with Crippen molar-refractivity contribution in [1.82, 2.24) is 9.55 Å². The number of imidazole rings is 1. The zero-order valence-corrected chi connectivity index (χ0v) is 10.0. The molecule has 1 heterocycles. The van der Waals surface area contributed by atoms with Crippen molar-refractivity contribution in [2.24, 2.45) is 5.41 Å². The van der Waals surface area contributed by atoms with Crippen LogP contribution in [-0.2, 0) is 4.79 Å². The van der Waals surface area contributed by atoms with Gasteiger partial charge in [0.15, 0.2) is 0 Å². The third-order valence-corrected chi connectivity index (χ3v) is 2.91. The first-order valence-corrected chi connectivity index (χ1v) is 5.24. The number of hydrogen-bond acceptors (Lipinski definition) is 3. The molecule has 1 atom stereocenters. The number of nitrogens with zero attached hydrogens (tertiary/aromatic N) is 2. The molecule has 0 aliphatic carbocycles. The van der Waals surface area contributed by atoms with E-state index in [-0.39, 0.29) is 18.7 Å². The topological polar surface area (TPSA) is 72.2 Å². The predicted octanol–water partition coefficient (Wildman–Crippen LogP) is 1.97. The molecule has 0 unspecified atom stereocenters. The van der Waals surface area contributed by atoms with Crippen LogP contribution in [0.5, 0.6) is 0 Å². The maximum atomic E-state index is 11.9. The molecule has 0 aliphatic heterocycles. The van der Waals surface area contributed by atoms with E-state index in [2.05, 4.69) is 11.6 Å². The van der Waals surface area contributed by atoms with Crippen molar-refractivity contribution in [3.63, 3.8) is 0 Å². The second kappa shape index (κ2) is 4.95. The van der Waals surface area contributed by atoms with E-state index in [9.17, 15) is 9.59 Å². The van der Waals surface area contributed by atoms with E-state index in [1.807, 2.05) is 0 Å². The molecule has 0 aromatic carbocycles. The number of rotatable bonds is 5. The van der Waals surface area contributed by atoms with Gasteiger partial charge in [0.05, 0.1) is 6.42 Å². The molecule has 0 spiro atoms. The van der Waals surface area contributed by atoms with Crippen LogP contribution in [0.2, 0.25) is 0 Å². The van der Waals surface area contributed by atoms with E-state index in [1.54, 1.807) is 20.0 Å². The molecule has 1 aromatic rings. The molecule has 1 aromatic heterocycles. The van der Waals surface area contributed by atoms with Gasteiger partial charge in [0.25, 0.3) is 0 Å². The molecule has 0 saturated heterocycles. The van der Waals surface area contributed by atoms with E-state index in [0.717, 1.165) is 0 Å². The average molecular weight is 236 g/mol. The van der Waals surface area contributed by atoms with Gasteiger partial charge in [0, 0.05) is 24.2 Å². The minimum atomic E-state index is -0.936. The molecule has 5 heteroatoms. The van der Waals surface area contributed by atoms with Crippen molar-refractivity contribution in [3.05, 3.63) is 30.9 Å². The number of carbonyl (C=O) groups excluding carboxylic acids is 1. The van der Waals surface area contributed by atoms with Crippen LogP contribution >= 0.6 is 0 Å². The van der Waals surface area contributed by atoms with Crippen LogP contribution in [0.4, 0.5) is 0 Å². The van der Waals surface area contributed by atoms with Gasteiger partial charge in [-0.25, -0.2) is 4.98 Å². The van der Waals surface area contributed by atoms with Crippen LogP contribution in [0, 0.1) is 5.41 Å². The zero-order chi connectivity index (χ0) is 13.1. The Bertz CT molecular complexity index is 437. The highest BCUT2D eigenvalue weighted by atomic mass is 16.4. The molecule has 0 fully saturated rings. The molecule has 1 rings (SSSR count). The van der Waals surface area contributed by atoms with Gasteiger partial charge in [-0.3, -0.25) is 14.2 Å². The van der Waals surface area contributed by atoms with Crippen molar-refractivity contribution < 1.29 is 14.7 Å². The van der Waals surface area contributed by atoms with Crippen molar-refractivity contribution in [3.8, 4) is 0 Å². The molecule has 92 valence electrons. The Morgan fingerprint density at radius 2 is 2.12 bits per heavy atom. The Hall–Kier alpha value is -1.91. The first kappa shape index (κ1) is 13.2. The van der Waals surface area contributed by atoms with E-state index >= 15 is 0 Å². The zero-order valence-electron chi connectivity index (χ0n) is 10.0. The number of aliphatic carboxylic acids is 1. The molecule has 0 aliphatic rings. The van der Waals surface area contributed by atoms with Crippen LogP contribution in [0.3, 0.4) is 0 Å². The summed E-state index contributed by atoms with van der Waals surface area (Å²) in [5, 5.41) is 8.87. The Balaban J connectivity index is 2.84. The van der Waals surface area contributed by atoms with Gasteiger partial charge in [-0.05, 0) is 6.92 Å². The summed E-state index contributed by atoms with van der Waals surface area (Å²) in [6.07, 6.45) is 4.45. The lowest BCUT2D eigenvalue weighted by molar-refractivity contribution is -0.138. The highest BCUT2D eigenvalue weighted by Crippen LogP contribution is 2.34. The quantitative estimate of drug-likeness (QED) is 0.793. The first-order chi connectivity index (χ1) is 7.85. The number of carbonyl (C=O) groups is 2. The van der Waals surface area contributed by atoms with Crippen molar-refractivity contribution in [1.29, 1.82) is 0 Å². The average Bonchev–Trinajstić information content (AvgIpc) is 2.68. The fourth-order valence-corrected chi connectivity index (χ4v) is 1.53. The summed E-state index contributed by atoms with van der Waals surface area (Å²) in [6, 6.07) is 0. The lowest BCUT2D eigenvalue weighted by atomic mass is 9.77. The third-order valence-electron chi connectivity index (χ3n) is 2.91. The lowest BCUT2D eigenvalue weighted by Gasteiger charge is -2.27. The van der Waals surface area contributed by atoms with Crippen LogP contribution in [0.25, 0.3) is 0 Å². The van der Waals surface area contributed by atoms with Gasteiger partial charge in [0.1, 0.15) is 6.33 Å². The van der Waals surface area contributed by atoms with Crippen LogP contribution in [0.15, 0.2) is 30.9 Å². The maximum absolute atomic E-state index is 11.9. The van der Waals surface area contributed by atoms with Gasteiger partial charge in [0.2, 0.25) is 5.91 Å². The second-order valence-electron chi connectivity index (χ2n) is 4.45. The smallest absolute Gasteiger partial charge is 0.304 e. The monoisotopic (exact) mass is 236 g/mol. The summed E-state index contributed by atoms with van der Waals surface area (Å²) in [5.74, 6) is -1.12. The molecule has 0 amide bonds. The van der Waals surface area contributed by atoms with E-state index in [4.69, 9.17) is 5.11 Å². The van der Waals surface area contributed by atoms with Crippen molar-refractivity contribution >= 4 is 11.9 Å². The Labute approximate surface area is 99.8 Å². The maximum Gasteiger partial charge on any atom is 0.304 e. The lowest BCUT2D eigenvalue weighted by Crippen LogP contribution is -2.27. The normalized spacial score (nSPS) is 14.0. The molecule has 5 nitrogen and oxygen atoms in total. The summed E-state index contributed by atoms with van der Waals surface area (Å²) < 4.78 is 1.35. The molecule has 0 saturated carbocycles. The summed E-state index contributed by atoms with van der Waals surface area (Å²) in [5.41, 5.74) is -0.0407. The number of carboxylic acids is 1. The number of allylic oxidation sites excluding steroid dienone is 1. The molecule has 1 N–H and O–H groups in total. The summed E-state index contributed by atoms with van der Waals surface area (Å²) in [4.78, 5) is 26.5. The molecule has 0 bridgehead atoms. The Morgan fingerprint density at radius 1 is 1.47 bits per heavy atom. The van der Waals surface area contributed by atoms with E-state index < -0.39 is 11.4 Å². The molecule has 0 radical (unpaired) electrons. The van der Waals surface area contributed by atoms with Gasteiger partial charge >= 0.3 is 5.97 Å². The standard InChI is InChI=1S/C12H16N2O3/c1-9(2)12(3,7-11(16)17)6-10(15)14-5-4-13-8-14/h4-5,8H,1,6-7H2,2-3H3,(H,16,17)/t12-/m0/s1. The summed E-state index contributed by atoms with van der Waals surface area (Å²) in [7, 11) is 0. The predicted molar refractivity (Wildman–Crippen MR) is 62.6 cm³/mol. The number of aromatic nitrogens is 2. The molecular weight excluding hydrogens is 220 g/mol. The first-order valence-electron chi connectivity index (χ1n) is 5.24. The minimum absolute atomic E-state index is 0.102. The fourth-order valence-electron chi connectivity index (χ4n) is 1.53. The van der Waals surface area contributed by atoms with Gasteiger partial charge < -0.3 is 5.11 Å². The van der Waals surface area contributed by atoms with Gasteiger partial charge in [-0.1, -0.05) is 19.1 Å². The second-order valence-corrected chi connectivity index (χ2v) is 4.45. The van der Waals surface area contributed by atoms with Gasteiger partial charge in [-0.2, -0.15) is 0 Å². The number of hydrogen-bond donors (Lipinski definition) is 1. The van der Waals surface area contributed by atoms with Gasteiger partial charge in [-0.15, -0.1) is 0 Å². The van der Waals surface area contributed by atoms with Crippen LogP contribution < -0.4 is 0 Å². The Kier molecular flexibility index (Phi) is 3.83. The SMILES string of the molecule is C=C(C)[C@](C)(CC(=O)O)CC(=O)n1ccnc1. The van der Waals surface area contributed by atoms with Crippen molar-refractivity contribution in [2.45, 2.75) is 26.7 Å². The van der Waals surface area contributed by atoms with Crippen LogP contribution in [-0.4, -0.2) is 26.5 Å². The van der Waals surface area contributed by atoms with E-state index in [0.29, 0.717) is 5.57 Å². The van der Waals surface area contributed by atoms with Crippen LogP contribution in [0.1, 0.15) is 31.5 Å². The largest absolute Gasteiger partial charge is 0.481 e. The summed E-state index contributed by atoms with van der Waals surface area (Å²) >= 11 is 0. The molecular formula is C12H16N2O3. The minimum Gasteiger partial charge on any atom is -0.481 e. The van der Waals surface area contributed by atoms with E-state index in [1.165, 1.54) is 17.1 Å². The Morgan fingerprint density at radius 3 is 2.53 bits per heavy atom. The molecule has 17 heavy (non-hydrogen) atoms. The highest BCUT2D eigenvalue weighted by molar-refractivity contribution is 5.80. The number of carboxylic acid groups (broad SMARTS) is 1. The highest BCUT2D eigenvalue weighted by Gasteiger charge is 2.31. The summed E-state index contributed by atoms with van der Waals surface area (Å²) in [6.45, 7) is 7.25. The van der Waals surface area contributed by atoms with Crippen molar-refractivity contribution in [2.75, 3.05) is 0 Å². The fraction of sp³-hybridized carbons (Fsp3) is 0.417. The third kappa shape index (κ3) is 3.27.